The summed E-state index contributed by atoms with van der Waals surface area (Å²) in [5.41, 5.74) is 3.68. The van der Waals surface area contributed by atoms with E-state index in [2.05, 4.69) is 30.2 Å². The van der Waals surface area contributed by atoms with Crippen molar-refractivity contribution in [3.05, 3.63) is 63.8 Å². The molecule has 0 aromatic heterocycles. The molecule has 0 aliphatic carbocycles. The molecule has 1 aliphatic rings. The van der Waals surface area contributed by atoms with Crippen LogP contribution in [0.25, 0.3) is 6.08 Å². The number of aryl methyl sites for hydroxylation is 1. The van der Waals surface area contributed by atoms with Gasteiger partial charge in [-0.25, -0.2) is 9.38 Å². The van der Waals surface area contributed by atoms with Gasteiger partial charge in [0.2, 0.25) is 0 Å². The highest BCUT2D eigenvalue weighted by atomic mass is 32.2. The third-order valence-corrected chi connectivity index (χ3v) is 5.14. The first-order chi connectivity index (χ1) is 12.9. The van der Waals surface area contributed by atoms with E-state index in [4.69, 9.17) is 4.74 Å². The predicted molar refractivity (Wildman–Crippen MR) is 109 cm³/mol. The van der Waals surface area contributed by atoms with Crippen molar-refractivity contribution in [1.82, 2.24) is 5.32 Å². The number of rotatable bonds is 4. The van der Waals surface area contributed by atoms with Crippen LogP contribution in [0.2, 0.25) is 0 Å². The van der Waals surface area contributed by atoms with Crippen molar-refractivity contribution < 1.29 is 13.9 Å². The van der Waals surface area contributed by atoms with Crippen LogP contribution in [0.4, 0.5) is 10.1 Å². The third-order valence-electron chi connectivity index (χ3n) is 4.24. The van der Waals surface area contributed by atoms with E-state index in [0.717, 1.165) is 22.4 Å². The SMILES string of the molecule is COc1cc(C)c(C=C2SC(=Nc3ccc(F)cc3)NC2=O)cc1C(C)C. The molecule has 2 aromatic carbocycles. The van der Waals surface area contributed by atoms with E-state index >= 15 is 0 Å². The van der Waals surface area contributed by atoms with E-state index in [1.54, 1.807) is 19.2 Å². The van der Waals surface area contributed by atoms with E-state index in [0.29, 0.717) is 21.7 Å². The molecular weight excluding hydrogens is 363 g/mol. The van der Waals surface area contributed by atoms with Crippen molar-refractivity contribution in [3.63, 3.8) is 0 Å². The van der Waals surface area contributed by atoms with Gasteiger partial charge in [-0.2, -0.15) is 0 Å². The number of carbonyl (C=O) groups is 1. The van der Waals surface area contributed by atoms with Gasteiger partial charge in [0.05, 0.1) is 17.7 Å². The van der Waals surface area contributed by atoms with Crippen LogP contribution in [0.3, 0.4) is 0 Å². The van der Waals surface area contributed by atoms with Crippen LogP contribution in [0.1, 0.15) is 36.5 Å². The first kappa shape index (κ1) is 19.2. The fourth-order valence-electron chi connectivity index (χ4n) is 2.75. The van der Waals surface area contributed by atoms with Crippen LogP contribution in [0.5, 0.6) is 5.75 Å². The van der Waals surface area contributed by atoms with Crippen molar-refractivity contribution in [2.45, 2.75) is 26.7 Å². The number of nitrogens with zero attached hydrogens (tertiary/aromatic N) is 1. The van der Waals surface area contributed by atoms with Gasteiger partial charge in [0.15, 0.2) is 5.17 Å². The molecule has 3 rings (SSSR count). The number of benzene rings is 2. The zero-order chi connectivity index (χ0) is 19.6. The van der Waals surface area contributed by atoms with Gasteiger partial charge >= 0.3 is 0 Å². The minimum absolute atomic E-state index is 0.192. The summed E-state index contributed by atoms with van der Waals surface area (Å²) in [4.78, 5) is 17.2. The van der Waals surface area contributed by atoms with E-state index < -0.39 is 0 Å². The zero-order valence-electron chi connectivity index (χ0n) is 15.7. The molecule has 0 radical (unpaired) electrons. The summed E-state index contributed by atoms with van der Waals surface area (Å²) in [5, 5.41) is 3.23. The number of hydrogen-bond acceptors (Lipinski definition) is 4. The molecule has 0 spiro atoms. The number of carbonyl (C=O) groups excluding carboxylic acids is 1. The summed E-state index contributed by atoms with van der Waals surface area (Å²) < 4.78 is 18.5. The first-order valence-electron chi connectivity index (χ1n) is 8.61. The van der Waals surface area contributed by atoms with Gasteiger partial charge < -0.3 is 10.1 Å². The molecule has 4 nitrogen and oxygen atoms in total. The number of hydrogen-bond donors (Lipinski definition) is 1. The molecular formula is C21H21FN2O2S. The van der Waals surface area contributed by atoms with Gasteiger partial charge in [0.25, 0.3) is 5.91 Å². The monoisotopic (exact) mass is 384 g/mol. The van der Waals surface area contributed by atoms with Gasteiger partial charge in [-0.15, -0.1) is 0 Å². The standard InChI is InChI=1S/C21H21FN2O2S/c1-12(2)17-10-14(13(3)9-18(17)26-4)11-19-20(25)24-21(27-19)23-16-7-5-15(22)6-8-16/h5-12H,1-4H3,(H,23,24,25). The Balaban J connectivity index is 1.90. The van der Waals surface area contributed by atoms with Crippen LogP contribution in [0, 0.1) is 12.7 Å². The number of ether oxygens (including phenoxy) is 1. The average molecular weight is 384 g/mol. The molecule has 1 fully saturated rings. The van der Waals surface area contributed by atoms with Crippen molar-refractivity contribution in [3.8, 4) is 5.75 Å². The van der Waals surface area contributed by atoms with Crippen LogP contribution in [0.15, 0.2) is 46.3 Å². The van der Waals surface area contributed by atoms with Crippen LogP contribution in [-0.2, 0) is 4.79 Å². The number of thioether (sulfide) groups is 1. The van der Waals surface area contributed by atoms with E-state index in [1.807, 2.05) is 19.1 Å². The van der Waals surface area contributed by atoms with E-state index in [9.17, 15) is 9.18 Å². The van der Waals surface area contributed by atoms with Crippen molar-refractivity contribution in [2.24, 2.45) is 4.99 Å². The number of amidine groups is 1. The summed E-state index contributed by atoms with van der Waals surface area (Å²) >= 11 is 1.27. The maximum atomic E-state index is 13.0. The molecule has 6 heteroatoms. The molecule has 2 aromatic rings. The van der Waals surface area contributed by atoms with Crippen LogP contribution < -0.4 is 10.1 Å². The van der Waals surface area contributed by atoms with Gasteiger partial charge in [-0.05, 0) is 83.8 Å². The molecule has 0 bridgehead atoms. The summed E-state index contributed by atoms with van der Waals surface area (Å²) in [6, 6.07) is 9.87. The van der Waals surface area contributed by atoms with Crippen LogP contribution in [-0.4, -0.2) is 18.2 Å². The summed E-state index contributed by atoms with van der Waals surface area (Å²) in [6.45, 7) is 6.20. The van der Waals surface area contributed by atoms with Crippen molar-refractivity contribution >= 4 is 34.6 Å². The molecule has 140 valence electrons. The summed E-state index contributed by atoms with van der Waals surface area (Å²) in [5.74, 6) is 0.644. The predicted octanol–water partition coefficient (Wildman–Crippen LogP) is 5.16. The second kappa shape index (κ2) is 7.96. The molecule has 1 saturated heterocycles. The fraction of sp³-hybridized carbons (Fsp3) is 0.238. The smallest absolute Gasteiger partial charge is 0.264 e. The lowest BCUT2D eigenvalue weighted by atomic mass is 9.96. The van der Waals surface area contributed by atoms with Gasteiger partial charge in [-0.3, -0.25) is 4.79 Å². The molecule has 1 N–H and O–H groups in total. The van der Waals surface area contributed by atoms with Gasteiger partial charge in [0, 0.05) is 0 Å². The van der Waals surface area contributed by atoms with E-state index in [-0.39, 0.29) is 11.7 Å². The second-order valence-corrected chi connectivity index (χ2v) is 7.59. The number of aliphatic imine (C=N–C) groups is 1. The molecule has 1 aliphatic heterocycles. The molecule has 1 heterocycles. The largest absolute Gasteiger partial charge is 0.496 e. The number of nitrogens with one attached hydrogen (secondary N) is 1. The highest BCUT2D eigenvalue weighted by Crippen LogP contribution is 2.33. The lowest BCUT2D eigenvalue weighted by Gasteiger charge is -2.14. The topological polar surface area (TPSA) is 50.7 Å². The van der Waals surface area contributed by atoms with Gasteiger partial charge in [0.1, 0.15) is 11.6 Å². The third kappa shape index (κ3) is 4.39. The number of methoxy groups -OCH3 is 1. The number of halogens is 1. The Hall–Kier alpha value is -2.60. The van der Waals surface area contributed by atoms with E-state index in [1.165, 1.54) is 23.9 Å². The molecule has 27 heavy (non-hydrogen) atoms. The molecule has 0 unspecified atom stereocenters. The molecule has 0 atom stereocenters. The Morgan fingerprint density at radius 1 is 1.22 bits per heavy atom. The first-order valence-corrected chi connectivity index (χ1v) is 9.42. The van der Waals surface area contributed by atoms with Crippen LogP contribution >= 0.6 is 11.8 Å². The molecule has 0 saturated carbocycles. The zero-order valence-corrected chi connectivity index (χ0v) is 16.5. The Kier molecular flexibility index (Phi) is 5.65. The lowest BCUT2D eigenvalue weighted by Crippen LogP contribution is -2.19. The lowest BCUT2D eigenvalue weighted by molar-refractivity contribution is -0.115. The van der Waals surface area contributed by atoms with Crippen molar-refractivity contribution in [1.29, 1.82) is 0 Å². The minimum atomic E-state index is -0.321. The average Bonchev–Trinajstić information content (AvgIpc) is 2.97. The van der Waals surface area contributed by atoms with Gasteiger partial charge in [-0.1, -0.05) is 13.8 Å². The Labute approximate surface area is 162 Å². The summed E-state index contributed by atoms with van der Waals surface area (Å²) in [7, 11) is 1.66. The maximum absolute atomic E-state index is 13.0. The highest BCUT2D eigenvalue weighted by molar-refractivity contribution is 8.18. The summed E-state index contributed by atoms with van der Waals surface area (Å²) in [6.07, 6.45) is 1.87. The molecule has 1 amide bonds. The Morgan fingerprint density at radius 2 is 1.93 bits per heavy atom. The van der Waals surface area contributed by atoms with Crippen molar-refractivity contribution in [2.75, 3.05) is 7.11 Å². The number of amides is 1. The normalized spacial score (nSPS) is 17.0. The maximum Gasteiger partial charge on any atom is 0.264 e. The quantitative estimate of drug-likeness (QED) is 0.741. The second-order valence-electron chi connectivity index (χ2n) is 6.56. The Morgan fingerprint density at radius 3 is 2.56 bits per heavy atom. The highest BCUT2D eigenvalue weighted by Gasteiger charge is 2.24. The Bertz CT molecular complexity index is 934. The fourth-order valence-corrected chi connectivity index (χ4v) is 3.59. The minimum Gasteiger partial charge on any atom is -0.496 e.